The van der Waals surface area contributed by atoms with Gasteiger partial charge in [0.1, 0.15) is 19.8 Å². The zero-order valence-corrected chi connectivity index (χ0v) is 39.7. The van der Waals surface area contributed by atoms with Crippen molar-refractivity contribution in [3.63, 3.8) is 0 Å². The Kier molecular flexibility index (Phi) is 40.2. The zero-order chi connectivity index (χ0) is 42.8. The maximum Gasteiger partial charge on any atom is 0.472 e. The number of allylic oxidation sites excluding steroid dienone is 2. The molecule has 0 aromatic heterocycles. The third-order valence-electron chi connectivity index (χ3n) is 10.8. The van der Waals surface area contributed by atoms with Crippen molar-refractivity contribution in [1.82, 2.24) is 0 Å². The summed E-state index contributed by atoms with van der Waals surface area (Å²) >= 11 is 0. The fourth-order valence-corrected chi connectivity index (χ4v) is 7.69. The Morgan fingerprint density at radius 1 is 0.517 bits per heavy atom. The van der Waals surface area contributed by atoms with Crippen LogP contribution in [0.25, 0.3) is 0 Å². The van der Waals surface area contributed by atoms with Gasteiger partial charge in [-0.1, -0.05) is 193 Å². The maximum atomic E-state index is 12.7. The molecule has 0 spiro atoms. The van der Waals surface area contributed by atoms with Crippen molar-refractivity contribution in [2.45, 2.75) is 238 Å². The highest BCUT2D eigenvalue weighted by molar-refractivity contribution is 7.47. The number of likely N-dealkylation sites (N-methyl/N-ethyl adjacent to an activating group) is 1. The van der Waals surface area contributed by atoms with Crippen LogP contribution in [0.4, 0.5) is 0 Å². The smallest absolute Gasteiger partial charge is 0.462 e. The molecule has 1 N–H and O–H groups in total. The van der Waals surface area contributed by atoms with Crippen LogP contribution in [0.5, 0.6) is 0 Å². The first-order valence-corrected chi connectivity index (χ1v) is 25.9. The van der Waals surface area contributed by atoms with Gasteiger partial charge in [-0.05, 0) is 38.5 Å². The van der Waals surface area contributed by atoms with E-state index in [1.165, 1.54) is 148 Å². The Morgan fingerprint density at radius 3 is 1.28 bits per heavy atom. The van der Waals surface area contributed by atoms with Crippen molar-refractivity contribution in [2.75, 3.05) is 47.5 Å². The number of unbranched alkanes of at least 4 members (excludes halogenated alkanes) is 29. The summed E-state index contributed by atoms with van der Waals surface area (Å²) in [5, 5.41) is 0. The minimum Gasteiger partial charge on any atom is -0.462 e. The molecule has 0 bridgehead atoms. The van der Waals surface area contributed by atoms with Crippen molar-refractivity contribution in [3.05, 3.63) is 12.2 Å². The molecule has 0 radical (unpaired) electrons. The lowest BCUT2D eigenvalue weighted by atomic mass is 10.0. The van der Waals surface area contributed by atoms with Crippen molar-refractivity contribution in [2.24, 2.45) is 0 Å². The second kappa shape index (κ2) is 41.1. The summed E-state index contributed by atoms with van der Waals surface area (Å²) in [5.74, 6) is -0.795. The highest BCUT2D eigenvalue weighted by Gasteiger charge is 2.27. The van der Waals surface area contributed by atoms with E-state index < -0.39 is 26.5 Å². The van der Waals surface area contributed by atoms with Crippen LogP contribution < -0.4 is 0 Å². The minimum atomic E-state index is -4.37. The quantitative estimate of drug-likeness (QED) is 0.0212. The first-order chi connectivity index (χ1) is 28.0. The first kappa shape index (κ1) is 56.8. The Balaban J connectivity index is 4.26. The predicted molar refractivity (Wildman–Crippen MR) is 243 cm³/mol. The van der Waals surface area contributed by atoms with E-state index in [2.05, 4.69) is 26.0 Å². The lowest BCUT2D eigenvalue weighted by Gasteiger charge is -2.24. The molecule has 0 fully saturated rings. The summed E-state index contributed by atoms with van der Waals surface area (Å²) in [6.07, 6.45) is 44.0. The van der Waals surface area contributed by atoms with Gasteiger partial charge in [-0.2, -0.15) is 0 Å². The first-order valence-electron chi connectivity index (χ1n) is 24.4. The topological polar surface area (TPSA) is 108 Å². The molecule has 0 rings (SSSR count). The highest BCUT2D eigenvalue weighted by Crippen LogP contribution is 2.43. The number of phosphoric ester groups is 1. The molecule has 0 saturated carbocycles. The van der Waals surface area contributed by atoms with Gasteiger partial charge in [-0.3, -0.25) is 18.6 Å². The van der Waals surface area contributed by atoms with Crippen LogP contribution in [0.15, 0.2) is 12.2 Å². The van der Waals surface area contributed by atoms with Gasteiger partial charge >= 0.3 is 19.8 Å². The average molecular weight is 845 g/mol. The Bertz CT molecular complexity index is 1000. The number of hydrogen-bond donors (Lipinski definition) is 1. The lowest BCUT2D eigenvalue weighted by Crippen LogP contribution is -2.37. The number of ether oxygens (including phenoxy) is 2. The van der Waals surface area contributed by atoms with Gasteiger partial charge in [-0.25, -0.2) is 4.57 Å². The van der Waals surface area contributed by atoms with Gasteiger partial charge in [-0.15, -0.1) is 0 Å². The number of carbonyl (C=O) groups excluding carboxylic acids is 2. The lowest BCUT2D eigenvalue weighted by molar-refractivity contribution is -0.870. The molecule has 10 heteroatoms. The zero-order valence-electron chi connectivity index (χ0n) is 38.8. The van der Waals surface area contributed by atoms with Crippen LogP contribution in [-0.4, -0.2) is 74.9 Å². The van der Waals surface area contributed by atoms with Gasteiger partial charge < -0.3 is 18.9 Å². The summed E-state index contributed by atoms with van der Waals surface area (Å²) in [6.45, 7) is 4.45. The molecular weight excluding hydrogens is 750 g/mol. The normalized spacial score (nSPS) is 13.6. The Labute approximate surface area is 358 Å². The molecule has 9 nitrogen and oxygen atoms in total. The number of rotatable bonds is 45. The molecular formula is C48H95NO8P+. The number of carbonyl (C=O) groups is 2. The molecule has 0 aliphatic rings. The third kappa shape index (κ3) is 44.3. The van der Waals surface area contributed by atoms with Crippen LogP contribution in [0.2, 0.25) is 0 Å². The molecule has 0 aliphatic heterocycles. The van der Waals surface area contributed by atoms with Gasteiger partial charge in [0.05, 0.1) is 27.7 Å². The van der Waals surface area contributed by atoms with E-state index in [0.29, 0.717) is 17.4 Å². The summed E-state index contributed by atoms with van der Waals surface area (Å²) in [7, 11) is 1.48. The standard InChI is InChI=1S/C48H94NO8P/c1-6-8-10-12-14-16-18-20-22-23-24-25-27-29-31-33-35-37-39-41-48(51)57-46(45-56-58(52,53)55-43-42-49(3,4)5)44-54-47(50)40-38-36-34-32-30-28-26-21-19-17-15-13-11-9-7-2/h21,26,46H,6-20,22-25,27-45H2,1-5H3/p+1/b26-21+. The summed E-state index contributed by atoms with van der Waals surface area (Å²) in [4.78, 5) is 35.5. The summed E-state index contributed by atoms with van der Waals surface area (Å²) < 4.78 is 34.4. The Hall–Kier alpha value is -1.25. The maximum absolute atomic E-state index is 12.7. The summed E-state index contributed by atoms with van der Waals surface area (Å²) in [5.41, 5.74) is 0. The fraction of sp³-hybridized carbons (Fsp3) is 0.917. The van der Waals surface area contributed by atoms with Crippen molar-refractivity contribution >= 4 is 19.8 Å². The molecule has 0 saturated heterocycles. The third-order valence-corrected chi connectivity index (χ3v) is 11.8. The van der Waals surface area contributed by atoms with Crippen LogP contribution in [-0.2, 0) is 32.7 Å². The van der Waals surface area contributed by atoms with E-state index in [0.717, 1.165) is 51.4 Å². The van der Waals surface area contributed by atoms with Crippen LogP contribution >= 0.6 is 7.82 Å². The number of esters is 2. The molecule has 0 aromatic rings. The van der Waals surface area contributed by atoms with E-state index in [1.54, 1.807) is 0 Å². The monoisotopic (exact) mass is 845 g/mol. The number of phosphoric acid groups is 1. The number of quaternary nitrogens is 1. The van der Waals surface area contributed by atoms with Crippen molar-refractivity contribution in [3.8, 4) is 0 Å². The molecule has 0 amide bonds. The molecule has 2 unspecified atom stereocenters. The minimum absolute atomic E-state index is 0.0338. The van der Waals surface area contributed by atoms with E-state index in [4.69, 9.17) is 18.5 Å². The van der Waals surface area contributed by atoms with E-state index >= 15 is 0 Å². The predicted octanol–water partition coefficient (Wildman–Crippen LogP) is 14.1. The van der Waals surface area contributed by atoms with E-state index in [1.807, 2.05) is 21.1 Å². The van der Waals surface area contributed by atoms with Crippen molar-refractivity contribution < 1.29 is 42.1 Å². The molecule has 0 heterocycles. The second-order valence-electron chi connectivity index (χ2n) is 17.9. The summed E-state index contributed by atoms with van der Waals surface area (Å²) in [6, 6.07) is 0. The van der Waals surface area contributed by atoms with Gasteiger partial charge in [0, 0.05) is 12.8 Å². The van der Waals surface area contributed by atoms with E-state index in [-0.39, 0.29) is 32.0 Å². The second-order valence-corrected chi connectivity index (χ2v) is 19.3. The molecule has 2 atom stereocenters. The van der Waals surface area contributed by atoms with E-state index in [9.17, 15) is 19.0 Å². The molecule has 58 heavy (non-hydrogen) atoms. The SMILES string of the molecule is CCCCCCCC/C=C/CCCCCCCC(=O)OCC(COP(=O)(O)OCC[N+](C)(C)C)OC(=O)CCCCCCCCCCCCCCCCCCCCC. The van der Waals surface area contributed by atoms with Gasteiger partial charge in [0.15, 0.2) is 6.10 Å². The van der Waals surface area contributed by atoms with Gasteiger partial charge in [0.25, 0.3) is 0 Å². The number of nitrogens with zero attached hydrogens (tertiary/aromatic N) is 1. The largest absolute Gasteiger partial charge is 0.472 e. The highest BCUT2D eigenvalue weighted by atomic mass is 31.2. The van der Waals surface area contributed by atoms with Crippen LogP contribution in [0.3, 0.4) is 0 Å². The van der Waals surface area contributed by atoms with Gasteiger partial charge in [0.2, 0.25) is 0 Å². The Morgan fingerprint density at radius 2 is 0.879 bits per heavy atom. The van der Waals surface area contributed by atoms with Crippen LogP contribution in [0.1, 0.15) is 232 Å². The molecule has 344 valence electrons. The molecule has 0 aliphatic carbocycles. The fourth-order valence-electron chi connectivity index (χ4n) is 6.95. The molecule has 0 aromatic carbocycles. The van der Waals surface area contributed by atoms with Crippen LogP contribution in [0, 0.1) is 0 Å². The van der Waals surface area contributed by atoms with Crippen molar-refractivity contribution in [1.29, 1.82) is 0 Å². The average Bonchev–Trinajstić information content (AvgIpc) is 3.17. The number of hydrogen-bond acceptors (Lipinski definition) is 7.